The van der Waals surface area contributed by atoms with Gasteiger partial charge in [0, 0.05) is 22.7 Å². The minimum atomic E-state index is -2.31. The molecule has 10 atom stereocenters. The molecule has 0 heterocycles. The monoisotopic (exact) mass is 565 g/mol. The predicted octanol–water partition coefficient (Wildman–Crippen LogP) is 3.94. The standard InChI is InChI=1S/C24H27F2NO6.C6H14O/c1-13-8-15-16-10-18(25)17-9-14(29)4-5-21(17,2)23(16,26)19(30)11-22(15,3)24(13,33-12-28)20(31)32-7-6-27;1-4-6(7)5(2)3/h4-5,9,12-13,15-16,18-19,30H,7-8,10-11H2,1-3H3;5-7H,4H2,1-3H3/t13-,15?,16?,18+,19?,21?,22?,23+,24+;/m1./s1. The summed E-state index contributed by atoms with van der Waals surface area (Å²) in [5.74, 6) is -3.25. The number of fused-ring (bicyclic) bond motifs is 5. The number of hydrogen-bond donors (Lipinski definition) is 2. The molecule has 0 bridgehead atoms. The van der Waals surface area contributed by atoms with Crippen LogP contribution in [0.4, 0.5) is 8.78 Å². The number of esters is 1. The van der Waals surface area contributed by atoms with Crippen LogP contribution in [-0.2, 0) is 23.9 Å². The van der Waals surface area contributed by atoms with Crippen molar-refractivity contribution in [3.05, 3.63) is 23.8 Å². The Hall–Kier alpha value is -2.64. The molecule has 8 nitrogen and oxygen atoms in total. The van der Waals surface area contributed by atoms with Crippen LogP contribution in [0, 0.1) is 45.8 Å². The molecule has 2 N–H and O–H groups in total. The number of ketones is 1. The number of hydrogen-bond acceptors (Lipinski definition) is 8. The molecule has 6 unspecified atom stereocenters. The van der Waals surface area contributed by atoms with Gasteiger partial charge in [-0.2, -0.15) is 5.26 Å². The van der Waals surface area contributed by atoms with E-state index < -0.39 is 70.5 Å². The fourth-order valence-corrected chi connectivity index (χ4v) is 8.01. The van der Waals surface area contributed by atoms with Crippen molar-refractivity contribution in [2.45, 2.75) is 96.9 Å². The molecule has 3 saturated carbocycles. The molecule has 0 saturated heterocycles. The van der Waals surface area contributed by atoms with Gasteiger partial charge in [0.2, 0.25) is 5.60 Å². The molecule has 40 heavy (non-hydrogen) atoms. The number of nitrogens with zero attached hydrogens (tertiary/aromatic N) is 1. The molecule has 0 spiro atoms. The molecule has 0 aliphatic heterocycles. The molecule has 3 fully saturated rings. The molecular formula is C30H41F2NO7. The van der Waals surface area contributed by atoms with Crippen molar-refractivity contribution in [3.63, 3.8) is 0 Å². The number of aliphatic hydroxyl groups excluding tert-OH is 2. The molecule has 4 aliphatic carbocycles. The van der Waals surface area contributed by atoms with E-state index in [1.165, 1.54) is 19.1 Å². The average Bonchev–Trinajstić information content (AvgIpc) is 3.12. The second-order valence-corrected chi connectivity index (χ2v) is 12.4. The summed E-state index contributed by atoms with van der Waals surface area (Å²) in [5, 5.41) is 29.1. The summed E-state index contributed by atoms with van der Waals surface area (Å²) in [6, 6.07) is 1.70. The van der Waals surface area contributed by atoms with Crippen molar-refractivity contribution in [1.82, 2.24) is 0 Å². The lowest BCUT2D eigenvalue weighted by Gasteiger charge is -2.62. The van der Waals surface area contributed by atoms with E-state index in [1.54, 1.807) is 19.9 Å². The summed E-state index contributed by atoms with van der Waals surface area (Å²) in [6.45, 7) is 10.4. The lowest BCUT2D eigenvalue weighted by molar-refractivity contribution is -0.235. The highest BCUT2D eigenvalue weighted by atomic mass is 19.1. The van der Waals surface area contributed by atoms with Crippen molar-refractivity contribution in [1.29, 1.82) is 5.26 Å². The Balaban J connectivity index is 0.000000559. The van der Waals surface area contributed by atoms with Crippen LogP contribution in [0.2, 0.25) is 0 Å². The van der Waals surface area contributed by atoms with Gasteiger partial charge < -0.3 is 19.7 Å². The number of carbonyl (C=O) groups excluding carboxylic acids is 3. The van der Waals surface area contributed by atoms with Gasteiger partial charge in [0.05, 0.1) is 12.2 Å². The fraction of sp³-hybridized carbons (Fsp3) is 0.733. The smallest absolute Gasteiger partial charge is 0.352 e. The van der Waals surface area contributed by atoms with E-state index in [4.69, 9.17) is 19.8 Å². The van der Waals surface area contributed by atoms with E-state index in [0.29, 0.717) is 5.92 Å². The van der Waals surface area contributed by atoms with E-state index in [1.807, 2.05) is 20.8 Å². The Bertz CT molecular complexity index is 1120. The van der Waals surface area contributed by atoms with Crippen LogP contribution in [-0.4, -0.2) is 64.7 Å². The van der Waals surface area contributed by atoms with Crippen LogP contribution in [0.25, 0.3) is 0 Å². The van der Waals surface area contributed by atoms with Crippen LogP contribution in [0.3, 0.4) is 0 Å². The number of aliphatic hydroxyl groups is 2. The summed E-state index contributed by atoms with van der Waals surface area (Å²) < 4.78 is 43.0. The lowest BCUT2D eigenvalue weighted by atomic mass is 9.44. The highest BCUT2D eigenvalue weighted by molar-refractivity contribution is 6.01. The second kappa shape index (κ2) is 11.3. The van der Waals surface area contributed by atoms with E-state index in [-0.39, 0.29) is 37.4 Å². The topological polar surface area (TPSA) is 134 Å². The number of nitriles is 1. The third-order valence-corrected chi connectivity index (χ3v) is 10.2. The van der Waals surface area contributed by atoms with Crippen molar-refractivity contribution >= 4 is 18.2 Å². The molecular weight excluding hydrogens is 524 g/mol. The van der Waals surface area contributed by atoms with Gasteiger partial charge >= 0.3 is 5.97 Å². The Morgan fingerprint density at radius 3 is 2.48 bits per heavy atom. The first-order valence-corrected chi connectivity index (χ1v) is 13.9. The molecule has 4 aliphatic rings. The number of rotatable bonds is 6. The van der Waals surface area contributed by atoms with Gasteiger partial charge in [0.25, 0.3) is 6.47 Å². The fourth-order valence-electron chi connectivity index (χ4n) is 8.01. The SMILES string of the molecule is CCC(O)C(C)C.C[C@@H]1CC2C3C[C@H](F)C4=CC(=O)C=CC4(C)[C@@]3(F)C(O)CC2(C)[C@@]1(OC=O)C(=O)OCC#N. The third kappa shape index (κ3) is 4.50. The first-order valence-electron chi connectivity index (χ1n) is 13.9. The number of halogens is 2. The number of ether oxygens (including phenoxy) is 2. The van der Waals surface area contributed by atoms with Crippen LogP contribution in [0.1, 0.15) is 67.2 Å². The molecule has 0 aromatic carbocycles. The predicted molar refractivity (Wildman–Crippen MR) is 141 cm³/mol. The Morgan fingerprint density at radius 1 is 1.30 bits per heavy atom. The number of alkyl halides is 2. The van der Waals surface area contributed by atoms with E-state index in [0.717, 1.165) is 12.5 Å². The highest BCUT2D eigenvalue weighted by Crippen LogP contribution is 2.71. The Labute approximate surface area is 234 Å². The normalized spacial score (nSPS) is 42.2. The van der Waals surface area contributed by atoms with Crippen LogP contribution in [0.5, 0.6) is 0 Å². The van der Waals surface area contributed by atoms with Gasteiger partial charge in [-0.25, -0.2) is 13.6 Å². The molecule has 0 aromatic rings. The Kier molecular flexibility index (Phi) is 9.03. The van der Waals surface area contributed by atoms with Crippen molar-refractivity contribution in [3.8, 4) is 6.07 Å². The summed E-state index contributed by atoms with van der Waals surface area (Å²) in [6.07, 6.45) is 0.831. The molecule has 10 heteroatoms. The zero-order valence-corrected chi connectivity index (χ0v) is 24.0. The van der Waals surface area contributed by atoms with Crippen molar-refractivity contribution in [2.24, 2.45) is 34.5 Å². The molecule has 0 radical (unpaired) electrons. The second-order valence-electron chi connectivity index (χ2n) is 12.4. The minimum absolute atomic E-state index is 0.00582. The maximum Gasteiger partial charge on any atom is 0.352 e. The molecule has 222 valence electrons. The van der Waals surface area contributed by atoms with Gasteiger partial charge in [-0.3, -0.25) is 9.59 Å². The summed E-state index contributed by atoms with van der Waals surface area (Å²) in [5.41, 5.74) is -6.99. The van der Waals surface area contributed by atoms with Crippen LogP contribution in [0.15, 0.2) is 23.8 Å². The number of allylic oxidation sites excluding steroid dienone is 4. The molecule has 0 amide bonds. The van der Waals surface area contributed by atoms with Crippen LogP contribution < -0.4 is 0 Å². The summed E-state index contributed by atoms with van der Waals surface area (Å²) in [4.78, 5) is 36.6. The average molecular weight is 566 g/mol. The van der Waals surface area contributed by atoms with E-state index in [2.05, 4.69) is 0 Å². The highest BCUT2D eigenvalue weighted by Gasteiger charge is 2.78. The first kappa shape index (κ1) is 31.9. The van der Waals surface area contributed by atoms with E-state index >= 15 is 8.78 Å². The largest absolute Gasteiger partial charge is 0.448 e. The zero-order chi connectivity index (χ0) is 30.3. The summed E-state index contributed by atoms with van der Waals surface area (Å²) >= 11 is 0. The molecule has 4 rings (SSSR count). The van der Waals surface area contributed by atoms with Crippen LogP contribution >= 0.6 is 0 Å². The number of carbonyl (C=O) groups is 3. The van der Waals surface area contributed by atoms with Gasteiger partial charge in [-0.15, -0.1) is 0 Å². The van der Waals surface area contributed by atoms with E-state index in [9.17, 15) is 19.5 Å². The van der Waals surface area contributed by atoms with Gasteiger partial charge in [0.15, 0.2) is 18.1 Å². The third-order valence-electron chi connectivity index (χ3n) is 10.2. The zero-order valence-electron chi connectivity index (χ0n) is 24.0. The lowest BCUT2D eigenvalue weighted by Crippen LogP contribution is -2.70. The maximum absolute atomic E-state index is 17.1. The Morgan fingerprint density at radius 2 is 1.95 bits per heavy atom. The van der Waals surface area contributed by atoms with Crippen molar-refractivity contribution < 1.29 is 42.9 Å². The minimum Gasteiger partial charge on any atom is -0.448 e. The van der Waals surface area contributed by atoms with Gasteiger partial charge in [-0.1, -0.05) is 40.7 Å². The van der Waals surface area contributed by atoms with Gasteiger partial charge in [0.1, 0.15) is 12.2 Å². The summed E-state index contributed by atoms with van der Waals surface area (Å²) in [7, 11) is 0. The van der Waals surface area contributed by atoms with Crippen molar-refractivity contribution in [2.75, 3.05) is 6.61 Å². The first-order chi connectivity index (χ1) is 18.6. The van der Waals surface area contributed by atoms with Gasteiger partial charge in [-0.05, 0) is 62.2 Å². The molecule has 0 aromatic heterocycles. The maximum atomic E-state index is 17.1. The quantitative estimate of drug-likeness (QED) is 0.365.